The lowest BCUT2D eigenvalue weighted by molar-refractivity contribution is -0.141. The van der Waals surface area contributed by atoms with Crippen LogP contribution >= 0.6 is 22.9 Å². The molecule has 4 rings (SSSR count). The van der Waals surface area contributed by atoms with E-state index >= 15 is 0 Å². The Morgan fingerprint density at radius 3 is 2.64 bits per heavy atom. The number of nitrogens with one attached hydrogen (secondary N) is 1. The summed E-state index contributed by atoms with van der Waals surface area (Å²) >= 11 is 7.94. The van der Waals surface area contributed by atoms with Gasteiger partial charge in [0.05, 0.1) is 28.2 Å². The van der Waals surface area contributed by atoms with E-state index in [9.17, 15) is 19.5 Å². The molecule has 3 heterocycles. The summed E-state index contributed by atoms with van der Waals surface area (Å²) in [6.45, 7) is 7.19. The molecule has 1 aliphatic rings. The number of aldehydes is 1. The maximum absolute atomic E-state index is 13.7. The van der Waals surface area contributed by atoms with E-state index in [1.165, 1.54) is 4.90 Å². The summed E-state index contributed by atoms with van der Waals surface area (Å²) in [5.41, 5.74) is 4.74. The molecule has 1 saturated heterocycles. The number of hydrogen-bond acceptors (Lipinski definition) is 9. The second-order valence-electron chi connectivity index (χ2n) is 9.88. The van der Waals surface area contributed by atoms with Crippen molar-refractivity contribution in [1.82, 2.24) is 20.4 Å². The number of aliphatic hydroxyl groups excluding tert-OH is 1. The van der Waals surface area contributed by atoms with Crippen molar-refractivity contribution in [3.63, 3.8) is 0 Å². The molecule has 0 radical (unpaired) electrons. The average molecular weight is 575 g/mol. The number of aryl methyl sites for hydroxylation is 1. The van der Waals surface area contributed by atoms with Crippen LogP contribution < -0.4 is 10.1 Å². The summed E-state index contributed by atoms with van der Waals surface area (Å²) < 4.78 is 10.5. The van der Waals surface area contributed by atoms with Crippen molar-refractivity contribution in [2.45, 2.75) is 58.2 Å². The average Bonchev–Trinajstić information content (AvgIpc) is 3.61. The quantitative estimate of drug-likeness (QED) is 0.348. The predicted molar refractivity (Wildman–Crippen MR) is 146 cm³/mol. The lowest BCUT2D eigenvalue weighted by Crippen LogP contribution is -2.48. The van der Waals surface area contributed by atoms with Crippen LogP contribution in [-0.2, 0) is 14.4 Å². The van der Waals surface area contributed by atoms with Gasteiger partial charge in [-0.2, -0.15) is 0 Å². The minimum atomic E-state index is -0.876. The Morgan fingerprint density at radius 1 is 1.31 bits per heavy atom. The molecule has 3 aromatic rings. The van der Waals surface area contributed by atoms with Crippen LogP contribution in [0.3, 0.4) is 0 Å². The first-order valence-corrected chi connectivity index (χ1v) is 13.9. The molecule has 208 valence electrons. The van der Waals surface area contributed by atoms with Gasteiger partial charge in [-0.05, 0) is 36.0 Å². The standard InChI is InChI=1S/C27H31ClN4O6S/c1-14(2)21(23-22(28)26(31-38-23)37-10-9-33)27(36)32-12-19(34)11-20(32)25(35)30-15(3)17-5-7-18(8-6-17)24-16(4)29-13-39-24/h5-9,13-15,19-21,34H,10-12H2,1-4H3,(H,30,35)/t15-,19+,20-,21-/m0/s1. The summed E-state index contributed by atoms with van der Waals surface area (Å²) in [6, 6.07) is 6.70. The van der Waals surface area contributed by atoms with Crippen molar-refractivity contribution >= 4 is 41.0 Å². The molecule has 2 aromatic heterocycles. The molecular formula is C27H31ClN4O6S. The Morgan fingerprint density at radius 2 is 2.03 bits per heavy atom. The van der Waals surface area contributed by atoms with E-state index in [-0.39, 0.29) is 54.1 Å². The summed E-state index contributed by atoms with van der Waals surface area (Å²) in [7, 11) is 0. The van der Waals surface area contributed by atoms with Crippen LogP contribution in [0.2, 0.25) is 5.02 Å². The van der Waals surface area contributed by atoms with Crippen LogP contribution in [0.1, 0.15) is 56.2 Å². The van der Waals surface area contributed by atoms with Gasteiger partial charge in [0, 0.05) is 13.0 Å². The Bertz CT molecular complexity index is 1320. The van der Waals surface area contributed by atoms with Crippen LogP contribution in [-0.4, -0.2) is 63.5 Å². The van der Waals surface area contributed by atoms with E-state index < -0.39 is 24.0 Å². The van der Waals surface area contributed by atoms with Gasteiger partial charge in [0.25, 0.3) is 5.88 Å². The Kier molecular flexibility index (Phi) is 9.04. The largest absolute Gasteiger partial charge is 0.467 e. The molecule has 1 fully saturated rings. The maximum atomic E-state index is 13.7. The first-order valence-electron chi connectivity index (χ1n) is 12.6. The zero-order valence-electron chi connectivity index (χ0n) is 22.1. The van der Waals surface area contributed by atoms with E-state index in [1.807, 2.05) is 57.5 Å². The number of likely N-dealkylation sites (tertiary alicyclic amines) is 1. The molecular weight excluding hydrogens is 544 g/mol. The molecule has 0 saturated carbocycles. The number of hydrogen-bond donors (Lipinski definition) is 2. The van der Waals surface area contributed by atoms with E-state index in [0.717, 1.165) is 21.7 Å². The van der Waals surface area contributed by atoms with Gasteiger partial charge < -0.3 is 24.6 Å². The van der Waals surface area contributed by atoms with Gasteiger partial charge >= 0.3 is 0 Å². The van der Waals surface area contributed by atoms with Crippen molar-refractivity contribution in [1.29, 1.82) is 0 Å². The number of carbonyl (C=O) groups excluding carboxylic acids is 3. The highest BCUT2D eigenvalue weighted by Gasteiger charge is 2.44. The monoisotopic (exact) mass is 574 g/mol. The summed E-state index contributed by atoms with van der Waals surface area (Å²) in [5.74, 6) is -1.93. The number of thiazole rings is 1. The summed E-state index contributed by atoms with van der Waals surface area (Å²) in [4.78, 5) is 44.5. The third-order valence-corrected chi connectivity index (χ3v) is 8.10. The number of aliphatic hydroxyl groups is 1. The van der Waals surface area contributed by atoms with E-state index in [4.69, 9.17) is 20.9 Å². The van der Waals surface area contributed by atoms with Crippen molar-refractivity contribution in [2.75, 3.05) is 13.2 Å². The van der Waals surface area contributed by atoms with Crippen LogP contribution in [0.15, 0.2) is 34.3 Å². The number of benzene rings is 1. The topological polar surface area (TPSA) is 135 Å². The first-order chi connectivity index (χ1) is 18.6. The molecule has 2 amide bonds. The van der Waals surface area contributed by atoms with Gasteiger partial charge in [0.15, 0.2) is 12.0 Å². The maximum Gasteiger partial charge on any atom is 0.273 e. The number of rotatable bonds is 10. The smallest absolute Gasteiger partial charge is 0.273 e. The number of nitrogens with zero attached hydrogens (tertiary/aromatic N) is 3. The van der Waals surface area contributed by atoms with Crippen molar-refractivity contribution < 1.29 is 28.8 Å². The predicted octanol–water partition coefficient (Wildman–Crippen LogP) is 3.92. The SMILES string of the molecule is Cc1ncsc1-c1ccc([C@H](C)NC(=O)[C@@H]2C[C@@H](O)CN2C(=O)[C@H](c2onc(OCC=O)c2Cl)C(C)C)cc1. The van der Waals surface area contributed by atoms with E-state index in [2.05, 4.69) is 15.5 Å². The third-order valence-electron chi connectivity index (χ3n) is 6.78. The number of carbonyl (C=O) groups is 3. The minimum Gasteiger partial charge on any atom is -0.467 e. The van der Waals surface area contributed by atoms with E-state index in [0.29, 0.717) is 6.29 Å². The highest BCUT2D eigenvalue weighted by Crippen LogP contribution is 2.38. The van der Waals surface area contributed by atoms with Gasteiger partial charge in [0.2, 0.25) is 11.8 Å². The summed E-state index contributed by atoms with van der Waals surface area (Å²) in [6.07, 6.45) is -0.204. The van der Waals surface area contributed by atoms with Crippen molar-refractivity contribution in [2.24, 2.45) is 5.92 Å². The second kappa shape index (κ2) is 12.3. The van der Waals surface area contributed by atoms with Crippen LogP contribution in [0.4, 0.5) is 0 Å². The van der Waals surface area contributed by atoms with Crippen molar-refractivity contribution in [3.8, 4) is 16.3 Å². The molecule has 1 aromatic carbocycles. The zero-order valence-corrected chi connectivity index (χ0v) is 23.7. The molecule has 1 aliphatic heterocycles. The lowest BCUT2D eigenvalue weighted by atomic mass is 9.91. The minimum absolute atomic E-state index is 0.00231. The normalized spacial score (nSPS) is 18.7. The van der Waals surface area contributed by atoms with Gasteiger partial charge in [-0.15, -0.1) is 11.3 Å². The lowest BCUT2D eigenvalue weighted by Gasteiger charge is -2.29. The molecule has 12 heteroatoms. The molecule has 0 spiro atoms. The Balaban J connectivity index is 1.49. The molecule has 39 heavy (non-hydrogen) atoms. The first kappa shape index (κ1) is 28.7. The van der Waals surface area contributed by atoms with Gasteiger partial charge in [-0.3, -0.25) is 14.4 Å². The van der Waals surface area contributed by atoms with Gasteiger partial charge in [-0.25, -0.2) is 4.98 Å². The number of amides is 2. The number of halogens is 1. The van der Waals surface area contributed by atoms with Crippen LogP contribution in [0.25, 0.3) is 10.4 Å². The number of aromatic nitrogens is 2. The van der Waals surface area contributed by atoms with Crippen molar-refractivity contribution in [3.05, 3.63) is 51.8 Å². The zero-order chi connectivity index (χ0) is 28.3. The highest BCUT2D eigenvalue weighted by atomic mass is 35.5. The third kappa shape index (κ3) is 6.15. The Hall–Kier alpha value is -3.28. The van der Waals surface area contributed by atoms with E-state index in [1.54, 1.807) is 11.3 Å². The van der Waals surface area contributed by atoms with Gasteiger partial charge in [-0.1, -0.05) is 49.7 Å². The summed E-state index contributed by atoms with van der Waals surface area (Å²) in [5, 5.41) is 17.1. The fourth-order valence-corrected chi connectivity index (χ4v) is 5.80. The molecule has 10 nitrogen and oxygen atoms in total. The number of ether oxygens (including phenoxy) is 1. The molecule has 0 bridgehead atoms. The molecule has 0 aliphatic carbocycles. The second-order valence-corrected chi connectivity index (χ2v) is 11.1. The Labute approximate surface area is 235 Å². The highest BCUT2D eigenvalue weighted by molar-refractivity contribution is 7.13. The van der Waals surface area contributed by atoms with Crippen LogP contribution in [0.5, 0.6) is 5.88 Å². The fourth-order valence-electron chi connectivity index (χ4n) is 4.75. The van der Waals surface area contributed by atoms with Gasteiger partial charge in [0.1, 0.15) is 23.6 Å². The number of β-amino-alcohol motifs (C(OH)–C–C–N with tert-alkyl or cyclic N) is 1. The molecule has 0 unspecified atom stereocenters. The fraction of sp³-hybridized carbons (Fsp3) is 0.444. The molecule has 2 N–H and O–H groups in total. The molecule has 4 atom stereocenters. The van der Waals surface area contributed by atoms with Crippen LogP contribution in [0, 0.1) is 12.8 Å².